The van der Waals surface area contributed by atoms with Crippen molar-refractivity contribution in [2.75, 3.05) is 6.61 Å². The summed E-state index contributed by atoms with van der Waals surface area (Å²) in [7, 11) is 0. The molecular formula is C11H17NO4. The van der Waals surface area contributed by atoms with Gasteiger partial charge in [-0.3, -0.25) is 14.4 Å². The molecule has 5 heteroatoms. The van der Waals surface area contributed by atoms with Crippen LogP contribution in [0.3, 0.4) is 0 Å². The largest absolute Gasteiger partial charge is 0.465 e. The number of amides is 1. The monoisotopic (exact) mass is 227 g/mol. The maximum Gasteiger partial charge on any atom is 0.316 e. The van der Waals surface area contributed by atoms with Crippen molar-refractivity contribution in [2.45, 2.75) is 39.2 Å². The van der Waals surface area contributed by atoms with E-state index in [0.29, 0.717) is 19.3 Å². The highest BCUT2D eigenvalue weighted by molar-refractivity contribution is 6.04. The third-order valence-corrected chi connectivity index (χ3v) is 2.66. The van der Waals surface area contributed by atoms with Crippen LogP contribution in [0, 0.1) is 5.92 Å². The van der Waals surface area contributed by atoms with E-state index in [1.54, 1.807) is 13.8 Å². The Kier molecular flexibility index (Phi) is 4.46. The van der Waals surface area contributed by atoms with Crippen LogP contribution >= 0.6 is 0 Å². The van der Waals surface area contributed by atoms with Crippen molar-refractivity contribution in [3.8, 4) is 0 Å². The van der Waals surface area contributed by atoms with Gasteiger partial charge in [0, 0.05) is 6.42 Å². The van der Waals surface area contributed by atoms with Crippen LogP contribution in [0.15, 0.2) is 0 Å². The normalized spacial score (nSPS) is 21.4. The van der Waals surface area contributed by atoms with Crippen molar-refractivity contribution < 1.29 is 19.1 Å². The van der Waals surface area contributed by atoms with Crippen molar-refractivity contribution in [3.63, 3.8) is 0 Å². The van der Waals surface area contributed by atoms with Crippen LogP contribution in [0.1, 0.15) is 33.1 Å². The summed E-state index contributed by atoms with van der Waals surface area (Å²) in [6.07, 6.45) is 1.24. The molecule has 0 aliphatic carbocycles. The van der Waals surface area contributed by atoms with Crippen molar-refractivity contribution in [1.82, 2.24) is 5.32 Å². The van der Waals surface area contributed by atoms with Gasteiger partial charge in [-0.15, -0.1) is 0 Å². The fourth-order valence-electron chi connectivity index (χ4n) is 1.80. The summed E-state index contributed by atoms with van der Waals surface area (Å²) < 4.78 is 4.83. The second-order valence-electron chi connectivity index (χ2n) is 3.77. The van der Waals surface area contributed by atoms with Crippen LogP contribution < -0.4 is 5.32 Å². The molecule has 0 aromatic carbocycles. The van der Waals surface area contributed by atoms with Crippen LogP contribution in [0.25, 0.3) is 0 Å². The molecule has 1 amide bonds. The molecule has 0 saturated carbocycles. The number of hydrogen-bond acceptors (Lipinski definition) is 4. The van der Waals surface area contributed by atoms with Crippen molar-refractivity contribution in [1.29, 1.82) is 0 Å². The van der Waals surface area contributed by atoms with E-state index in [1.807, 2.05) is 0 Å². The van der Waals surface area contributed by atoms with E-state index in [0.717, 1.165) is 0 Å². The van der Waals surface area contributed by atoms with Crippen molar-refractivity contribution in [3.05, 3.63) is 0 Å². The quantitative estimate of drug-likeness (QED) is 0.546. The van der Waals surface area contributed by atoms with E-state index in [-0.39, 0.29) is 18.3 Å². The zero-order chi connectivity index (χ0) is 12.1. The zero-order valence-corrected chi connectivity index (χ0v) is 9.62. The van der Waals surface area contributed by atoms with Crippen LogP contribution in [0.4, 0.5) is 0 Å². The molecule has 90 valence electrons. The highest BCUT2D eigenvalue weighted by Gasteiger charge is 2.35. The van der Waals surface area contributed by atoms with E-state index < -0.39 is 17.9 Å². The first kappa shape index (κ1) is 12.7. The van der Waals surface area contributed by atoms with Gasteiger partial charge in [0.15, 0.2) is 5.78 Å². The summed E-state index contributed by atoms with van der Waals surface area (Å²) in [5, 5.41) is 2.57. The van der Waals surface area contributed by atoms with E-state index in [4.69, 9.17) is 4.74 Å². The summed E-state index contributed by atoms with van der Waals surface area (Å²) in [5.41, 5.74) is 0. The molecule has 1 aliphatic heterocycles. The van der Waals surface area contributed by atoms with E-state index >= 15 is 0 Å². The molecular weight excluding hydrogens is 210 g/mol. The first-order chi connectivity index (χ1) is 7.60. The average molecular weight is 227 g/mol. The predicted molar refractivity (Wildman–Crippen MR) is 56.6 cm³/mol. The number of rotatable bonds is 5. The lowest BCUT2D eigenvalue weighted by molar-refractivity contribution is -0.152. The lowest BCUT2D eigenvalue weighted by atomic mass is 9.95. The second kappa shape index (κ2) is 5.63. The van der Waals surface area contributed by atoms with Gasteiger partial charge in [0.2, 0.25) is 5.91 Å². The smallest absolute Gasteiger partial charge is 0.316 e. The van der Waals surface area contributed by atoms with Gasteiger partial charge in [0.05, 0.1) is 12.6 Å². The Morgan fingerprint density at radius 1 is 1.50 bits per heavy atom. The summed E-state index contributed by atoms with van der Waals surface area (Å²) >= 11 is 0. The van der Waals surface area contributed by atoms with E-state index in [2.05, 4.69) is 5.32 Å². The Hall–Kier alpha value is -1.39. The number of carbonyl (C=O) groups excluding carboxylic acids is 3. The molecule has 0 spiro atoms. The number of nitrogens with one attached hydrogen (secondary N) is 1. The molecule has 1 unspecified atom stereocenters. The lowest BCUT2D eigenvalue weighted by Gasteiger charge is -2.16. The molecule has 1 aliphatic rings. The third kappa shape index (κ3) is 2.81. The van der Waals surface area contributed by atoms with E-state index in [1.165, 1.54) is 0 Å². The first-order valence-corrected chi connectivity index (χ1v) is 5.59. The fraction of sp³-hybridized carbons (Fsp3) is 0.727. The molecule has 0 aromatic heterocycles. The highest BCUT2D eigenvalue weighted by Crippen LogP contribution is 2.16. The van der Waals surface area contributed by atoms with Crippen LogP contribution in [0.5, 0.6) is 0 Å². The standard InChI is InChI=1S/C11H17NO4/c1-3-7(11(15)16-4-2)10(14)8-5-6-9(13)12-8/h7-8H,3-6H2,1-2H3,(H,12,13)/t7?,8-/m0/s1. The van der Waals surface area contributed by atoms with Crippen LogP contribution in [0.2, 0.25) is 0 Å². The third-order valence-electron chi connectivity index (χ3n) is 2.66. The minimum atomic E-state index is -0.747. The van der Waals surface area contributed by atoms with Gasteiger partial charge >= 0.3 is 5.97 Å². The molecule has 1 saturated heterocycles. The summed E-state index contributed by atoms with van der Waals surface area (Å²) in [5.74, 6) is -1.59. The van der Waals surface area contributed by atoms with Crippen LogP contribution in [-0.4, -0.2) is 30.3 Å². The number of ether oxygens (including phenoxy) is 1. The molecule has 0 aromatic rings. The van der Waals surface area contributed by atoms with Gasteiger partial charge < -0.3 is 10.1 Å². The molecule has 5 nitrogen and oxygen atoms in total. The Morgan fingerprint density at radius 2 is 2.19 bits per heavy atom. The van der Waals surface area contributed by atoms with Crippen LogP contribution in [-0.2, 0) is 19.1 Å². The Balaban J connectivity index is 2.62. The summed E-state index contributed by atoms with van der Waals surface area (Å²) in [4.78, 5) is 34.4. The molecule has 1 heterocycles. The molecule has 1 fully saturated rings. The Labute approximate surface area is 94.5 Å². The molecule has 2 atom stereocenters. The molecule has 1 rings (SSSR count). The maximum absolute atomic E-state index is 11.9. The van der Waals surface area contributed by atoms with Gasteiger partial charge in [-0.1, -0.05) is 6.92 Å². The SMILES string of the molecule is CCOC(=O)C(CC)C(=O)[C@@H]1CCC(=O)N1. The van der Waals surface area contributed by atoms with Crippen molar-refractivity contribution >= 4 is 17.7 Å². The van der Waals surface area contributed by atoms with E-state index in [9.17, 15) is 14.4 Å². The molecule has 0 radical (unpaired) electrons. The van der Waals surface area contributed by atoms with Gasteiger partial charge in [-0.05, 0) is 19.8 Å². The molecule has 1 N–H and O–H groups in total. The fourth-order valence-corrected chi connectivity index (χ4v) is 1.80. The molecule has 16 heavy (non-hydrogen) atoms. The maximum atomic E-state index is 11.9. The molecule has 0 bridgehead atoms. The van der Waals surface area contributed by atoms with Gasteiger partial charge in [0.25, 0.3) is 0 Å². The second-order valence-corrected chi connectivity index (χ2v) is 3.77. The Morgan fingerprint density at radius 3 is 2.62 bits per heavy atom. The highest BCUT2D eigenvalue weighted by atomic mass is 16.5. The van der Waals surface area contributed by atoms with Gasteiger partial charge in [-0.25, -0.2) is 0 Å². The summed E-state index contributed by atoms with van der Waals surface area (Å²) in [6, 6.07) is -0.512. The summed E-state index contributed by atoms with van der Waals surface area (Å²) in [6.45, 7) is 3.72. The minimum Gasteiger partial charge on any atom is -0.465 e. The topological polar surface area (TPSA) is 72.5 Å². The average Bonchev–Trinajstić information content (AvgIpc) is 2.66. The lowest BCUT2D eigenvalue weighted by Crippen LogP contribution is -2.40. The minimum absolute atomic E-state index is 0.128. The first-order valence-electron chi connectivity index (χ1n) is 5.59. The van der Waals surface area contributed by atoms with Crippen molar-refractivity contribution in [2.24, 2.45) is 5.92 Å². The predicted octanol–water partition coefficient (Wildman–Crippen LogP) is 0.423. The Bertz CT molecular complexity index is 300. The van der Waals surface area contributed by atoms with Gasteiger partial charge in [-0.2, -0.15) is 0 Å². The zero-order valence-electron chi connectivity index (χ0n) is 9.62. The number of hydrogen-bond donors (Lipinski definition) is 1. The number of carbonyl (C=O) groups is 3. The number of esters is 1. The number of ketones is 1. The number of Topliss-reactive ketones (excluding diaryl/α,β-unsaturated/α-hetero) is 1. The van der Waals surface area contributed by atoms with Gasteiger partial charge in [0.1, 0.15) is 5.92 Å².